The van der Waals surface area contributed by atoms with E-state index in [0.29, 0.717) is 11.4 Å². The minimum atomic E-state index is -3.65. The molecule has 8 heteroatoms. The summed E-state index contributed by atoms with van der Waals surface area (Å²) in [5.41, 5.74) is 0.496. The number of carbonyl (C=O) groups is 1. The van der Waals surface area contributed by atoms with Crippen molar-refractivity contribution in [2.24, 2.45) is 0 Å². The number of benzene rings is 3. The standard InChI is InChI=1S/C21H19NO6S/c23-21(24)19-8-4-5-9-20(19)28-15-14-27-17-12-10-16(11-13-17)22-29(25,26)18-6-2-1-3-7-18/h1-13,22H,14-15H2,(H,23,24). The second-order valence-electron chi connectivity index (χ2n) is 5.94. The van der Waals surface area contributed by atoms with Crippen LogP contribution in [0.4, 0.5) is 5.69 Å². The summed E-state index contributed by atoms with van der Waals surface area (Å²) in [4.78, 5) is 11.3. The lowest BCUT2D eigenvalue weighted by Gasteiger charge is -2.11. The Bertz CT molecular complexity index is 1070. The molecule has 0 spiro atoms. The fourth-order valence-corrected chi connectivity index (χ4v) is 3.59. The van der Waals surface area contributed by atoms with E-state index in [2.05, 4.69) is 4.72 Å². The number of nitrogens with one attached hydrogen (secondary N) is 1. The minimum Gasteiger partial charge on any atom is -0.490 e. The van der Waals surface area contributed by atoms with Gasteiger partial charge in [0, 0.05) is 5.69 Å². The average Bonchev–Trinajstić information content (AvgIpc) is 2.73. The molecule has 0 aromatic heterocycles. The maximum absolute atomic E-state index is 12.3. The number of rotatable bonds is 9. The smallest absolute Gasteiger partial charge is 0.339 e. The van der Waals surface area contributed by atoms with E-state index in [9.17, 15) is 13.2 Å². The molecule has 3 rings (SSSR count). The van der Waals surface area contributed by atoms with Crippen molar-refractivity contribution in [3.05, 3.63) is 84.4 Å². The van der Waals surface area contributed by atoms with Crippen molar-refractivity contribution in [3.8, 4) is 11.5 Å². The Morgan fingerprint density at radius 2 is 1.45 bits per heavy atom. The lowest BCUT2D eigenvalue weighted by molar-refractivity contribution is 0.0691. The summed E-state index contributed by atoms with van der Waals surface area (Å²) in [6.07, 6.45) is 0. The highest BCUT2D eigenvalue weighted by atomic mass is 32.2. The Kier molecular flexibility index (Phi) is 6.36. The molecule has 150 valence electrons. The number of anilines is 1. The molecular formula is C21H19NO6S. The Morgan fingerprint density at radius 1 is 0.828 bits per heavy atom. The number of carboxylic acid groups (broad SMARTS) is 1. The molecule has 0 atom stereocenters. The summed E-state index contributed by atoms with van der Waals surface area (Å²) in [5, 5.41) is 9.12. The van der Waals surface area contributed by atoms with Gasteiger partial charge in [0.2, 0.25) is 0 Å². The first-order chi connectivity index (χ1) is 14.0. The molecule has 0 aliphatic heterocycles. The largest absolute Gasteiger partial charge is 0.490 e. The van der Waals surface area contributed by atoms with Gasteiger partial charge in [-0.15, -0.1) is 0 Å². The van der Waals surface area contributed by atoms with E-state index < -0.39 is 16.0 Å². The average molecular weight is 413 g/mol. The maximum Gasteiger partial charge on any atom is 0.339 e. The van der Waals surface area contributed by atoms with Gasteiger partial charge >= 0.3 is 5.97 Å². The van der Waals surface area contributed by atoms with Crippen molar-refractivity contribution in [3.63, 3.8) is 0 Å². The highest BCUT2D eigenvalue weighted by molar-refractivity contribution is 7.92. The Labute approximate surface area is 168 Å². The van der Waals surface area contributed by atoms with Gasteiger partial charge in [-0.1, -0.05) is 30.3 Å². The van der Waals surface area contributed by atoms with E-state index >= 15 is 0 Å². The molecule has 7 nitrogen and oxygen atoms in total. The van der Waals surface area contributed by atoms with Crippen molar-refractivity contribution in [1.29, 1.82) is 0 Å². The van der Waals surface area contributed by atoms with Crippen molar-refractivity contribution in [2.75, 3.05) is 17.9 Å². The van der Waals surface area contributed by atoms with Gasteiger partial charge < -0.3 is 14.6 Å². The van der Waals surface area contributed by atoms with Crippen LogP contribution in [0.2, 0.25) is 0 Å². The van der Waals surface area contributed by atoms with Gasteiger partial charge in [-0.25, -0.2) is 13.2 Å². The lowest BCUT2D eigenvalue weighted by atomic mass is 10.2. The van der Waals surface area contributed by atoms with E-state index in [1.807, 2.05) is 0 Å². The van der Waals surface area contributed by atoms with Crippen LogP contribution < -0.4 is 14.2 Å². The Morgan fingerprint density at radius 3 is 2.14 bits per heavy atom. The van der Waals surface area contributed by atoms with Crippen molar-refractivity contribution in [2.45, 2.75) is 4.90 Å². The molecule has 2 N–H and O–H groups in total. The first kappa shape index (κ1) is 20.2. The summed E-state index contributed by atoms with van der Waals surface area (Å²) in [5.74, 6) is -0.257. The van der Waals surface area contributed by atoms with Gasteiger partial charge in [-0.05, 0) is 48.5 Å². The highest BCUT2D eigenvalue weighted by Crippen LogP contribution is 2.20. The fourth-order valence-electron chi connectivity index (χ4n) is 2.51. The molecule has 29 heavy (non-hydrogen) atoms. The van der Waals surface area contributed by atoms with Gasteiger partial charge in [0.15, 0.2) is 0 Å². The van der Waals surface area contributed by atoms with Crippen LogP contribution in [-0.2, 0) is 10.0 Å². The van der Waals surface area contributed by atoms with Gasteiger partial charge in [0.25, 0.3) is 10.0 Å². The molecule has 0 bridgehead atoms. The van der Waals surface area contributed by atoms with Crippen molar-refractivity contribution < 1.29 is 27.8 Å². The monoisotopic (exact) mass is 413 g/mol. The second kappa shape index (κ2) is 9.11. The van der Waals surface area contributed by atoms with E-state index in [0.717, 1.165) is 0 Å². The first-order valence-corrected chi connectivity index (χ1v) is 10.2. The zero-order chi connectivity index (χ0) is 20.7. The number of ether oxygens (including phenoxy) is 2. The van der Waals surface area contributed by atoms with Crippen LogP contribution in [-0.4, -0.2) is 32.7 Å². The Hall–Kier alpha value is -3.52. The van der Waals surface area contributed by atoms with Crippen LogP contribution in [0, 0.1) is 0 Å². The SMILES string of the molecule is O=C(O)c1ccccc1OCCOc1ccc(NS(=O)(=O)c2ccccc2)cc1. The first-order valence-electron chi connectivity index (χ1n) is 8.71. The summed E-state index contributed by atoms with van der Waals surface area (Å²) in [6.45, 7) is 0.357. The summed E-state index contributed by atoms with van der Waals surface area (Å²) in [6, 6.07) is 20.9. The van der Waals surface area contributed by atoms with Crippen LogP contribution in [0.5, 0.6) is 11.5 Å². The highest BCUT2D eigenvalue weighted by Gasteiger charge is 2.13. The van der Waals surface area contributed by atoms with E-state index in [1.165, 1.54) is 18.2 Å². The number of hydrogen-bond acceptors (Lipinski definition) is 5. The van der Waals surface area contributed by atoms with Crippen LogP contribution >= 0.6 is 0 Å². The van der Waals surface area contributed by atoms with E-state index in [4.69, 9.17) is 14.6 Å². The Balaban J connectivity index is 1.52. The lowest BCUT2D eigenvalue weighted by Crippen LogP contribution is -2.13. The molecular weight excluding hydrogens is 394 g/mol. The molecule has 0 fully saturated rings. The molecule has 0 heterocycles. The predicted molar refractivity (Wildman–Crippen MR) is 108 cm³/mol. The minimum absolute atomic E-state index is 0.0857. The number of hydrogen-bond donors (Lipinski definition) is 2. The third kappa shape index (κ3) is 5.49. The molecule has 0 saturated carbocycles. The molecule has 0 saturated heterocycles. The van der Waals surface area contributed by atoms with Crippen LogP contribution in [0.1, 0.15) is 10.4 Å². The third-order valence-corrected chi connectivity index (χ3v) is 5.28. The fraction of sp³-hybridized carbons (Fsp3) is 0.0952. The number of sulfonamides is 1. The zero-order valence-corrected chi connectivity index (χ0v) is 16.1. The van der Waals surface area contributed by atoms with Crippen LogP contribution in [0.25, 0.3) is 0 Å². The normalized spacial score (nSPS) is 10.9. The molecule has 0 aliphatic carbocycles. The molecule has 0 amide bonds. The summed E-state index contributed by atoms with van der Waals surface area (Å²) >= 11 is 0. The van der Waals surface area contributed by atoms with E-state index in [-0.39, 0.29) is 29.4 Å². The number of para-hydroxylation sites is 1. The van der Waals surface area contributed by atoms with Crippen molar-refractivity contribution in [1.82, 2.24) is 0 Å². The molecule has 0 unspecified atom stereocenters. The van der Waals surface area contributed by atoms with E-state index in [1.54, 1.807) is 60.7 Å². The maximum atomic E-state index is 12.3. The predicted octanol–water partition coefficient (Wildman–Crippen LogP) is 3.64. The molecule has 0 radical (unpaired) electrons. The quantitative estimate of drug-likeness (QED) is 0.519. The molecule has 3 aromatic carbocycles. The topological polar surface area (TPSA) is 102 Å². The van der Waals surface area contributed by atoms with Crippen LogP contribution in [0.3, 0.4) is 0 Å². The molecule has 3 aromatic rings. The van der Waals surface area contributed by atoms with Crippen LogP contribution in [0.15, 0.2) is 83.8 Å². The number of carboxylic acids is 1. The zero-order valence-electron chi connectivity index (χ0n) is 15.3. The van der Waals surface area contributed by atoms with Crippen molar-refractivity contribution >= 4 is 21.7 Å². The van der Waals surface area contributed by atoms with Gasteiger partial charge in [-0.3, -0.25) is 4.72 Å². The van der Waals surface area contributed by atoms with Gasteiger partial charge in [0.05, 0.1) is 4.90 Å². The summed E-state index contributed by atoms with van der Waals surface area (Å²) < 4.78 is 38.1. The number of aromatic carboxylic acids is 1. The molecule has 0 aliphatic rings. The van der Waals surface area contributed by atoms with Gasteiger partial charge in [-0.2, -0.15) is 0 Å². The summed E-state index contributed by atoms with van der Waals surface area (Å²) in [7, 11) is -3.65. The van der Waals surface area contributed by atoms with Gasteiger partial charge in [0.1, 0.15) is 30.3 Å². The third-order valence-electron chi connectivity index (χ3n) is 3.89. The second-order valence-corrected chi connectivity index (χ2v) is 7.62.